The average molecular weight is 347 g/mol. The van der Waals surface area contributed by atoms with Crippen LogP contribution in [0.2, 0.25) is 0 Å². The number of benzene rings is 1. The van der Waals surface area contributed by atoms with Crippen molar-refractivity contribution in [3.05, 3.63) is 47.5 Å². The predicted molar refractivity (Wildman–Crippen MR) is 96.4 cm³/mol. The molecule has 2 atom stereocenters. The van der Waals surface area contributed by atoms with E-state index in [9.17, 15) is 9.18 Å². The van der Waals surface area contributed by atoms with Crippen LogP contribution < -0.4 is 10.6 Å². The highest BCUT2D eigenvalue weighted by Gasteiger charge is 2.16. The Labute approximate surface area is 148 Å². The van der Waals surface area contributed by atoms with Gasteiger partial charge >= 0.3 is 6.03 Å². The van der Waals surface area contributed by atoms with E-state index in [1.165, 1.54) is 12.1 Å². The van der Waals surface area contributed by atoms with Crippen molar-refractivity contribution in [1.29, 1.82) is 0 Å². The summed E-state index contributed by atoms with van der Waals surface area (Å²) >= 11 is 0. The van der Waals surface area contributed by atoms with E-state index in [0.717, 1.165) is 16.9 Å². The molecule has 6 nitrogen and oxygen atoms in total. The fourth-order valence-corrected chi connectivity index (χ4v) is 2.44. The van der Waals surface area contributed by atoms with Crippen molar-refractivity contribution in [2.75, 3.05) is 20.6 Å². The Morgan fingerprint density at radius 3 is 2.52 bits per heavy atom. The molecule has 0 spiro atoms. The van der Waals surface area contributed by atoms with Crippen LogP contribution in [0.25, 0.3) is 5.69 Å². The molecule has 0 radical (unpaired) electrons. The maximum absolute atomic E-state index is 13.1. The van der Waals surface area contributed by atoms with Crippen LogP contribution in [0, 0.1) is 12.7 Å². The van der Waals surface area contributed by atoms with Gasteiger partial charge in [-0.15, -0.1) is 0 Å². The molecular weight excluding hydrogens is 321 g/mol. The van der Waals surface area contributed by atoms with Gasteiger partial charge in [0.05, 0.1) is 17.9 Å². The molecular formula is C18H26FN5O. The van der Waals surface area contributed by atoms with E-state index in [2.05, 4.69) is 15.7 Å². The van der Waals surface area contributed by atoms with Crippen LogP contribution in [0.4, 0.5) is 9.18 Å². The van der Waals surface area contributed by atoms with Crippen molar-refractivity contribution in [1.82, 2.24) is 25.3 Å². The molecule has 25 heavy (non-hydrogen) atoms. The Hall–Kier alpha value is -2.41. The fraction of sp³-hybridized carbons (Fsp3) is 0.444. The van der Waals surface area contributed by atoms with Gasteiger partial charge in [-0.05, 0) is 59.1 Å². The van der Waals surface area contributed by atoms with Crippen LogP contribution in [0.3, 0.4) is 0 Å². The first kappa shape index (κ1) is 18.9. The molecule has 0 aliphatic carbocycles. The number of likely N-dealkylation sites (N-methyl/N-ethyl adjacent to an activating group) is 1. The third-order valence-electron chi connectivity index (χ3n) is 4.37. The van der Waals surface area contributed by atoms with Gasteiger partial charge in [-0.2, -0.15) is 5.10 Å². The summed E-state index contributed by atoms with van der Waals surface area (Å²) < 4.78 is 14.8. The van der Waals surface area contributed by atoms with Gasteiger partial charge in [-0.3, -0.25) is 0 Å². The Kier molecular flexibility index (Phi) is 6.14. The highest BCUT2D eigenvalue weighted by Crippen LogP contribution is 2.20. The van der Waals surface area contributed by atoms with Gasteiger partial charge in [0.2, 0.25) is 0 Å². The maximum atomic E-state index is 13.1. The highest BCUT2D eigenvalue weighted by molar-refractivity contribution is 5.74. The largest absolute Gasteiger partial charge is 0.337 e. The van der Waals surface area contributed by atoms with Crippen molar-refractivity contribution in [3.8, 4) is 5.69 Å². The van der Waals surface area contributed by atoms with Crippen LogP contribution >= 0.6 is 0 Å². The van der Waals surface area contributed by atoms with Gasteiger partial charge in [0.1, 0.15) is 5.82 Å². The number of hydrogen-bond donors (Lipinski definition) is 2. The molecule has 0 saturated carbocycles. The summed E-state index contributed by atoms with van der Waals surface area (Å²) in [6, 6.07) is 6.00. The van der Waals surface area contributed by atoms with Crippen molar-refractivity contribution < 1.29 is 9.18 Å². The first-order chi connectivity index (χ1) is 11.8. The van der Waals surface area contributed by atoms with Crippen molar-refractivity contribution in [2.45, 2.75) is 32.9 Å². The second-order valence-electron chi connectivity index (χ2n) is 6.46. The average Bonchev–Trinajstić information content (AvgIpc) is 2.95. The predicted octanol–water partition coefficient (Wildman–Crippen LogP) is 2.63. The second-order valence-corrected chi connectivity index (χ2v) is 6.46. The minimum absolute atomic E-state index is 0.191. The summed E-state index contributed by atoms with van der Waals surface area (Å²) in [6.45, 7) is 6.45. The molecule has 2 amide bonds. The van der Waals surface area contributed by atoms with Crippen LogP contribution in [0.1, 0.15) is 31.1 Å². The van der Waals surface area contributed by atoms with E-state index in [-0.39, 0.29) is 23.9 Å². The molecule has 1 aromatic carbocycles. The minimum Gasteiger partial charge on any atom is -0.337 e. The first-order valence-corrected chi connectivity index (χ1v) is 8.31. The molecule has 2 N–H and O–H groups in total. The number of hydrogen-bond acceptors (Lipinski definition) is 3. The van der Waals surface area contributed by atoms with E-state index < -0.39 is 0 Å². The first-order valence-electron chi connectivity index (χ1n) is 8.31. The van der Waals surface area contributed by atoms with Crippen LogP contribution in [0.15, 0.2) is 30.5 Å². The lowest BCUT2D eigenvalue weighted by atomic mass is 10.1. The summed E-state index contributed by atoms with van der Waals surface area (Å²) in [5, 5.41) is 10.1. The Morgan fingerprint density at radius 1 is 1.28 bits per heavy atom. The number of amides is 2. The number of aromatic nitrogens is 2. The summed E-state index contributed by atoms with van der Waals surface area (Å²) in [6.07, 6.45) is 1.73. The number of carbonyl (C=O) groups excluding carboxylic acids is 1. The van der Waals surface area contributed by atoms with Gasteiger partial charge in [0, 0.05) is 23.8 Å². The summed E-state index contributed by atoms with van der Waals surface area (Å²) in [4.78, 5) is 14.1. The van der Waals surface area contributed by atoms with E-state index in [0.29, 0.717) is 6.54 Å². The normalized spacial score (nSPS) is 13.6. The van der Waals surface area contributed by atoms with Crippen molar-refractivity contribution >= 4 is 6.03 Å². The summed E-state index contributed by atoms with van der Waals surface area (Å²) in [5.41, 5.74) is 2.60. The van der Waals surface area contributed by atoms with E-state index >= 15 is 0 Å². The Morgan fingerprint density at radius 2 is 1.92 bits per heavy atom. The summed E-state index contributed by atoms with van der Waals surface area (Å²) in [5.74, 6) is -0.285. The highest BCUT2D eigenvalue weighted by atomic mass is 19.1. The minimum atomic E-state index is -0.285. The number of carbonyl (C=O) groups is 1. The number of nitrogens with zero attached hydrogens (tertiary/aromatic N) is 3. The molecule has 1 heterocycles. The Balaban J connectivity index is 2.01. The molecule has 1 aromatic heterocycles. The Bertz CT molecular complexity index is 711. The van der Waals surface area contributed by atoms with Crippen LogP contribution in [-0.2, 0) is 0 Å². The van der Waals surface area contributed by atoms with E-state index in [4.69, 9.17) is 0 Å². The molecule has 0 saturated heterocycles. The number of nitrogens with one attached hydrogen (secondary N) is 2. The molecule has 7 heteroatoms. The topological polar surface area (TPSA) is 62.2 Å². The van der Waals surface area contributed by atoms with Gasteiger partial charge in [-0.25, -0.2) is 13.9 Å². The smallest absolute Gasteiger partial charge is 0.315 e. The summed E-state index contributed by atoms with van der Waals surface area (Å²) in [7, 11) is 3.94. The number of halogens is 1. The fourth-order valence-electron chi connectivity index (χ4n) is 2.44. The molecule has 0 bridgehead atoms. The molecule has 2 unspecified atom stereocenters. The third-order valence-corrected chi connectivity index (χ3v) is 4.37. The van der Waals surface area contributed by atoms with Crippen LogP contribution in [0.5, 0.6) is 0 Å². The van der Waals surface area contributed by atoms with Gasteiger partial charge < -0.3 is 15.5 Å². The lowest BCUT2D eigenvalue weighted by Crippen LogP contribution is -2.43. The van der Waals surface area contributed by atoms with Crippen molar-refractivity contribution in [3.63, 3.8) is 0 Å². The number of urea groups is 1. The molecule has 0 aliphatic rings. The lowest BCUT2D eigenvalue weighted by molar-refractivity contribution is 0.231. The second kappa shape index (κ2) is 8.11. The van der Waals surface area contributed by atoms with Crippen LogP contribution in [-0.4, -0.2) is 47.4 Å². The quantitative estimate of drug-likeness (QED) is 0.844. The molecule has 0 fully saturated rings. The molecule has 0 aliphatic heterocycles. The molecule has 2 rings (SSSR count). The van der Waals surface area contributed by atoms with Gasteiger partial charge in [-0.1, -0.05) is 0 Å². The standard InChI is InChI=1S/C18H26FN5O/c1-12(23(4)5)10-20-18(25)22-13(2)17-11-21-24(14(17)3)16-8-6-15(19)7-9-16/h6-9,11-13H,10H2,1-5H3,(H2,20,22,25). The SMILES string of the molecule is Cc1c(C(C)NC(=O)NCC(C)N(C)C)cnn1-c1ccc(F)cc1. The van der Waals surface area contributed by atoms with Crippen molar-refractivity contribution in [2.24, 2.45) is 0 Å². The zero-order valence-electron chi connectivity index (χ0n) is 15.4. The monoisotopic (exact) mass is 347 g/mol. The third kappa shape index (κ3) is 4.79. The van der Waals surface area contributed by atoms with Gasteiger partial charge in [0.15, 0.2) is 0 Å². The maximum Gasteiger partial charge on any atom is 0.315 e. The lowest BCUT2D eigenvalue weighted by Gasteiger charge is -2.21. The van der Waals surface area contributed by atoms with E-state index in [1.807, 2.05) is 39.8 Å². The zero-order chi connectivity index (χ0) is 18.6. The zero-order valence-corrected chi connectivity index (χ0v) is 15.4. The molecule has 2 aromatic rings. The van der Waals surface area contributed by atoms with Gasteiger partial charge in [0.25, 0.3) is 0 Å². The number of rotatable bonds is 6. The molecule has 136 valence electrons. The van der Waals surface area contributed by atoms with E-state index in [1.54, 1.807) is 23.0 Å².